The lowest BCUT2D eigenvalue weighted by molar-refractivity contribution is 0.170. The number of thiophene rings is 1. The van der Waals surface area contributed by atoms with Crippen molar-refractivity contribution in [2.75, 3.05) is 11.5 Å². The first-order valence-corrected chi connectivity index (χ1v) is 9.00. The number of aliphatic hydroxyl groups excluding tert-OH is 1. The van der Waals surface area contributed by atoms with Gasteiger partial charge in [-0.15, -0.1) is 11.3 Å². The van der Waals surface area contributed by atoms with E-state index in [1.165, 1.54) is 11.3 Å². The van der Waals surface area contributed by atoms with Crippen molar-refractivity contribution < 1.29 is 13.5 Å². The van der Waals surface area contributed by atoms with E-state index in [1.807, 2.05) is 0 Å². The van der Waals surface area contributed by atoms with Crippen molar-refractivity contribution in [3.05, 3.63) is 19.8 Å². The summed E-state index contributed by atoms with van der Waals surface area (Å²) in [7, 11) is -2.94. The first-order chi connectivity index (χ1) is 7.85. The van der Waals surface area contributed by atoms with Crippen molar-refractivity contribution in [2.24, 2.45) is 0 Å². The van der Waals surface area contributed by atoms with Crippen molar-refractivity contribution in [2.45, 2.75) is 25.9 Å². The summed E-state index contributed by atoms with van der Waals surface area (Å²) in [5.74, 6) is 0.278. The molecule has 0 aliphatic heterocycles. The highest BCUT2D eigenvalue weighted by atomic mass is 79.9. The van der Waals surface area contributed by atoms with Crippen molar-refractivity contribution in [1.82, 2.24) is 0 Å². The van der Waals surface area contributed by atoms with Crippen LogP contribution in [0.4, 0.5) is 0 Å². The lowest BCUT2D eigenvalue weighted by Gasteiger charge is -2.07. The standard InChI is InChI=1S/C10H14BrClO3S2/c1-2-17(14,15)5-3-4-8(13)9-6-7(11)10(12)16-9/h6,8,13H,2-5H2,1H3. The Kier molecular flexibility index (Phi) is 5.92. The minimum Gasteiger partial charge on any atom is -0.388 e. The van der Waals surface area contributed by atoms with Crippen LogP contribution in [0.2, 0.25) is 4.34 Å². The third kappa shape index (κ3) is 4.87. The smallest absolute Gasteiger partial charge is 0.150 e. The number of rotatable bonds is 6. The molecule has 0 aromatic carbocycles. The summed E-state index contributed by atoms with van der Waals surface area (Å²) in [4.78, 5) is 0.760. The van der Waals surface area contributed by atoms with Crippen LogP contribution in [0.15, 0.2) is 10.5 Å². The minimum atomic E-state index is -2.94. The number of halogens is 2. The molecule has 0 saturated heterocycles. The fourth-order valence-corrected chi connectivity index (χ4v) is 3.96. The van der Waals surface area contributed by atoms with E-state index in [4.69, 9.17) is 11.6 Å². The predicted molar refractivity (Wildman–Crippen MR) is 75.6 cm³/mol. The molecule has 1 N–H and O–H groups in total. The molecule has 1 aromatic heterocycles. The molecular weight excluding hydrogens is 348 g/mol. The molecule has 1 atom stereocenters. The fraction of sp³-hybridized carbons (Fsp3) is 0.600. The van der Waals surface area contributed by atoms with Gasteiger partial charge in [0.2, 0.25) is 0 Å². The van der Waals surface area contributed by atoms with Crippen LogP contribution in [0.3, 0.4) is 0 Å². The predicted octanol–water partition coefficient (Wildman–Crippen LogP) is 3.41. The molecular formula is C10H14BrClO3S2. The number of hydrogen-bond acceptors (Lipinski definition) is 4. The molecule has 1 unspecified atom stereocenters. The number of aliphatic hydroxyl groups is 1. The average Bonchev–Trinajstić information content (AvgIpc) is 2.59. The molecule has 98 valence electrons. The van der Waals surface area contributed by atoms with E-state index in [9.17, 15) is 13.5 Å². The average molecular weight is 362 g/mol. The SMILES string of the molecule is CCS(=O)(=O)CCCC(O)c1cc(Br)c(Cl)s1. The molecule has 0 fully saturated rings. The maximum Gasteiger partial charge on any atom is 0.150 e. The Morgan fingerprint density at radius 2 is 2.24 bits per heavy atom. The maximum atomic E-state index is 11.3. The summed E-state index contributed by atoms with van der Waals surface area (Å²) in [6.45, 7) is 1.63. The monoisotopic (exact) mass is 360 g/mol. The molecule has 3 nitrogen and oxygen atoms in total. The number of hydrogen-bond donors (Lipinski definition) is 1. The van der Waals surface area contributed by atoms with Crippen LogP contribution >= 0.6 is 38.9 Å². The van der Waals surface area contributed by atoms with Gasteiger partial charge in [-0.25, -0.2) is 8.42 Å². The van der Waals surface area contributed by atoms with Gasteiger partial charge in [0.15, 0.2) is 0 Å². The van der Waals surface area contributed by atoms with E-state index < -0.39 is 15.9 Å². The maximum absolute atomic E-state index is 11.3. The quantitative estimate of drug-likeness (QED) is 0.844. The summed E-state index contributed by atoms with van der Waals surface area (Å²) in [5, 5.41) is 9.86. The summed E-state index contributed by atoms with van der Waals surface area (Å²) in [6.07, 6.45) is 0.253. The fourth-order valence-electron chi connectivity index (χ4n) is 1.31. The van der Waals surface area contributed by atoms with Gasteiger partial charge < -0.3 is 5.11 Å². The van der Waals surface area contributed by atoms with Crippen LogP contribution in [0.5, 0.6) is 0 Å². The van der Waals surface area contributed by atoms with Crippen molar-refractivity contribution in [3.8, 4) is 0 Å². The normalized spacial score (nSPS) is 13.9. The van der Waals surface area contributed by atoms with Gasteiger partial charge in [0, 0.05) is 15.1 Å². The third-order valence-electron chi connectivity index (χ3n) is 2.37. The Morgan fingerprint density at radius 3 is 2.71 bits per heavy atom. The van der Waals surface area contributed by atoms with Gasteiger partial charge in [0.05, 0.1) is 11.9 Å². The minimum absolute atomic E-state index is 0.126. The van der Waals surface area contributed by atoms with Crippen LogP contribution in [-0.4, -0.2) is 25.0 Å². The zero-order valence-corrected chi connectivity index (χ0v) is 13.3. The number of sulfone groups is 1. The van der Waals surface area contributed by atoms with Crippen LogP contribution in [0.25, 0.3) is 0 Å². The van der Waals surface area contributed by atoms with E-state index >= 15 is 0 Å². The van der Waals surface area contributed by atoms with Crippen molar-refractivity contribution in [3.63, 3.8) is 0 Å². The molecule has 0 amide bonds. The molecule has 1 rings (SSSR count). The second-order valence-electron chi connectivity index (χ2n) is 3.66. The van der Waals surface area contributed by atoms with Crippen molar-refractivity contribution >= 4 is 48.7 Å². The van der Waals surface area contributed by atoms with E-state index in [-0.39, 0.29) is 11.5 Å². The molecule has 17 heavy (non-hydrogen) atoms. The topological polar surface area (TPSA) is 54.4 Å². The van der Waals surface area contributed by atoms with Crippen molar-refractivity contribution in [1.29, 1.82) is 0 Å². The first kappa shape index (κ1) is 15.4. The zero-order valence-electron chi connectivity index (χ0n) is 9.32. The van der Waals surface area contributed by atoms with Gasteiger partial charge in [-0.2, -0.15) is 0 Å². The van der Waals surface area contributed by atoms with Gasteiger partial charge in [0.1, 0.15) is 14.2 Å². The molecule has 0 bridgehead atoms. The molecule has 0 aliphatic rings. The lowest BCUT2D eigenvalue weighted by atomic mass is 10.2. The summed E-state index contributed by atoms with van der Waals surface area (Å²) in [5.41, 5.74) is 0. The molecule has 7 heteroatoms. The van der Waals surface area contributed by atoms with E-state index in [0.29, 0.717) is 17.2 Å². The highest BCUT2D eigenvalue weighted by Gasteiger charge is 2.15. The van der Waals surface area contributed by atoms with Crippen LogP contribution in [0, 0.1) is 0 Å². The molecule has 1 heterocycles. The second-order valence-corrected chi connectivity index (χ2v) is 8.68. The highest BCUT2D eigenvalue weighted by molar-refractivity contribution is 9.10. The zero-order chi connectivity index (χ0) is 13.1. The summed E-state index contributed by atoms with van der Waals surface area (Å²) >= 11 is 10.4. The Morgan fingerprint density at radius 1 is 1.59 bits per heavy atom. The Balaban J connectivity index is 2.48. The van der Waals surface area contributed by atoms with Crippen LogP contribution in [-0.2, 0) is 9.84 Å². The molecule has 1 aromatic rings. The summed E-state index contributed by atoms with van der Waals surface area (Å²) < 4.78 is 23.9. The first-order valence-electron chi connectivity index (χ1n) is 5.19. The molecule has 0 radical (unpaired) electrons. The van der Waals surface area contributed by atoms with Gasteiger partial charge >= 0.3 is 0 Å². The van der Waals surface area contributed by atoms with E-state index in [2.05, 4.69) is 15.9 Å². The largest absolute Gasteiger partial charge is 0.388 e. The Bertz CT molecular complexity index is 450. The molecule has 0 aliphatic carbocycles. The molecule has 0 saturated carbocycles. The highest BCUT2D eigenvalue weighted by Crippen LogP contribution is 2.36. The lowest BCUT2D eigenvalue weighted by Crippen LogP contribution is -2.09. The van der Waals surface area contributed by atoms with Crippen LogP contribution in [0.1, 0.15) is 30.7 Å². The van der Waals surface area contributed by atoms with Crippen LogP contribution < -0.4 is 0 Å². The second kappa shape index (κ2) is 6.52. The molecule has 0 spiro atoms. The Labute approximate surface area is 119 Å². The van der Waals surface area contributed by atoms with Gasteiger partial charge in [-0.3, -0.25) is 0 Å². The van der Waals surface area contributed by atoms with E-state index in [1.54, 1.807) is 13.0 Å². The van der Waals surface area contributed by atoms with Gasteiger partial charge in [0.25, 0.3) is 0 Å². The third-order valence-corrected chi connectivity index (χ3v) is 6.73. The van der Waals surface area contributed by atoms with E-state index in [0.717, 1.165) is 9.35 Å². The Hall–Kier alpha value is 0.380. The summed E-state index contributed by atoms with van der Waals surface area (Å²) in [6, 6.07) is 1.77. The van der Waals surface area contributed by atoms with Gasteiger partial charge in [-0.1, -0.05) is 18.5 Å². The van der Waals surface area contributed by atoms with Gasteiger partial charge in [-0.05, 0) is 34.8 Å².